The third kappa shape index (κ3) is 2.43. The van der Waals surface area contributed by atoms with Gasteiger partial charge in [0.2, 0.25) is 0 Å². The lowest BCUT2D eigenvalue weighted by molar-refractivity contribution is 0.0585. The van der Waals surface area contributed by atoms with Crippen molar-refractivity contribution in [1.29, 1.82) is 0 Å². The van der Waals surface area contributed by atoms with E-state index in [0.717, 1.165) is 0 Å². The zero-order valence-electron chi connectivity index (χ0n) is 9.21. The average Bonchev–Trinajstić information content (AvgIpc) is 2.55. The van der Waals surface area contributed by atoms with Crippen molar-refractivity contribution in [1.82, 2.24) is 15.0 Å². The number of aromatic nitrogens is 3. The highest BCUT2D eigenvalue weighted by Gasteiger charge is 2.20. The van der Waals surface area contributed by atoms with Crippen molar-refractivity contribution >= 4 is 38.6 Å². The molecule has 2 rings (SSSR count). The van der Waals surface area contributed by atoms with Crippen LogP contribution in [0.25, 0.3) is 11.0 Å². The zero-order valence-corrected chi connectivity index (χ0v) is 11.5. The Hall–Kier alpha value is -0.720. The van der Waals surface area contributed by atoms with Gasteiger partial charge in [0.15, 0.2) is 5.82 Å². The molecule has 1 N–H and O–H groups in total. The second-order valence-corrected chi connectivity index (χ2v) is 5.65. The molecule has 0 aliphatic rings. The van der Waals surface area contributed by atoms with Gasteiger partial charge in [-0.15, -0.1) is 5.10 Å². The van der Waals surface area contributed by atoms with Crippen LogP contribution in [0.1, 0.15) is 13.8 Å². The van der Waals surface area contributed by atoms with E-state index in [1.165, 1.54) is 10.7 Å². The van der Waals surface area contributed by atoms with Crippen molar-refractivity contribution in [2.75, 3.05) is 0 Å². The fraction of sp³-hybridized carbons (Fsp3) is 0.400. The van der Waals surface area contributed by atoms with Crippen LogP contribution in [0.3, 0.4) is 0 Å². The maximum atomic E-state index is 13.6. The summed E-state index contributed by atoms with van der Waals surface area (Å²) in [7, 11) is 0. The van der Waals surface area contributed by atoms with Gasteiger partial charge in [0.25, 0.3) is 0 Å². The van der Waals surface area contributed by atoms with Gasteiger partial charge < -0.3 is 5.11 Å². The van der Waals surface area contributed by atoms with E-state index >= 15 is 0 Å². The maximum absolute atomic E-state index is 13.6. The summed E-state index contributed by atoms with van der Waals surface area (Å²) in [6.07, 6.45) is 0. The molecule has 0 bridgehead atoms. The summed E-state index contributed by atoms with van der Waals surface area (Å²) < 4.78 is 15.3. The molecule has 0 aliphatic carbocycles. The first-order chi connectivity index (χ1) is 7.79. The lowest BCUT2D eigenvalue weighted by atomic mass is 10.1. The van der Waals surface area contributed by atoms with Gasteiger partial charge in [0.05, 0.1) is 16.6 Å². The smallest absolute Gasteiger partial charge is 0.158 e. The number of nitrogens with zero attached hydrogens (tertiary/aromatic N) is 3. The predicted molar refractivity (Wildman–Crippen MR) is 66.5 cm³/mol. The molecule has 0 unspecified atom stereocenters. The van der Waals surface area contributed by atoms with Crippen LogP contribution in [-0.4, -0.2) is 25.7 Å². The molecule has 0 spiro atoms. The van der Waals surface area contributed by atoms with Gasteiger partial charge in [-0.2, -0.15) is 0 Å². The largest absolute Gasteiger partial charge is 0.389 e. The number of hydrogen-bond donors (Lipinski definition) is 1. The van der Waals surface area contributed by atoms with Crippen molar-refractivity contribution < 1.29 is 9.50 Å². The van der Waals surface area contributed by atoms with Crippen LogP contribution in [0.15, 0.2) is 10.5 Å². The zero-order chi connectivity index (χ0) is 12.8. The maximum Gasteiger partial charge on any atom is 0.158 e. The fourth-order valence-electron chi connectivity index (χ4n) is 1.52. The number of rotatable bonds is 2. The molecular formula is C10H10BrClFN3O. The summed E-state index contributed by atoms with van der Waals surface area (Å²) in [5.41, 5.74) is -0.116. The fourth-order valence-corrected chi connectivity index (χ4v) is 2.34. The second-order valence-electron chi connectivity index (χ2n) is 4.41. The summed E-state index contributed by atoms with van der Waals surface area (Å²) in [5, 5.41) is 17.4. The van der Waals surface area contributed by atoms with Gasteiger partial charge >= 0.3 is 0 Å². The summed E-state index contributed by atoms with van der Waals surface area (Å²) in [5.74, 6) is -0.557. The van der Waals surface area contributed by atoms with Crippen molar-refractivity contribution in [3.05, 3.63) is 21.4 Å². The van der Waals surface area contributed by atoms with Gasteiger partial charge in [0, 0.05) is 0 Å². The van der Waals surface area contributed by atoms with E-state index < -0.39 is 11.4 Å². The Labute approximate surface area is 110 Å². The van der Waals surface area contributed by atoms with E-state index in [2.05, 4.69) is 26.2 Å². The molecule has 0 atom stereocenters. The third-order valence-corrected chi connectivity index (χ3v) is 3.09. The molecule has 0 aliphatic heterocycles. The van der Waals surface area contributed by atoms with Crippen LogP contribution in [0.2, 0.25) is 5.02 Å². The van der Waals surface area contributed by atoms with Gasteiger partial charge in [-0.25, -0.2) is 9.07 Å². The van der Waals surface area contributed by atoms with Crippen LogP contribution in [0.5, 0.6) is 0 Å². The SMILES string of the molecule is CC(C)(O)Cn1nnc2cc(Br)c(F)c(Cl)c21. The molecule has 0 radical (unpaired) electrons. The number of aliphatic hydroxyl groups is 1. The third-order valence-electron chi connectivity index (χ3n) is 2.17. The minimum Gasteiger partial charge on any atom is -0.389 e. The molecule has 1 aromatic carbocycles. The van der Waals surface area contributed by atoms with E-state index in [1.807, 2.05) is 0 Å². The Balaban J connectivity index is 2.64. The summed E-state index contributed by atoms with van der Waals surface area (Å²) in [6.45, 7) is 3.44. The molecule has 0 saturated heterocycles. The molecule has 4 nitrogen and oxygen atoms in total. The van der Waals surface area contributed by atoms with E-state index in [0.29, 0.717) is 11.0 Å². The highest BCUT2D eigenvalue weighted by atomic mass is 79.9. The van der Waals surface area contributed by atoms with E-state index in [4.69, 9.17) is 11.6 Å². The standard InChI is InChI=1S/C10H10BrClFN3O/c1-10(2,17)4-16-9-6(14-15-16)3-5(11)8(13)7(9)12/h3,17H,4H2,1-2H3. The Kier molecular flexibility index (Phi) is 3.14. The molecule has 2 aromatic rings. The lowest BCUT2D eigenvalue weighted by Crippen LogP contribution is -2.26. The minimum atomic E-state index is -0.979. The van der Waals surface area contributed by atoms with Gasteiger partial charge in [-0.1, -0.05) is 16.8 Å². The van der Waals surface area contributed by atoms with Gasteiger partial charge in [0.1, 0.15) is 16.1 Å². The number of benzene rings is 1. The molecule has 0 amide bonds. The Bertz CT molecular complexity index is 579. The first-order valence-electron chi connectivity index (χ1n) is 4.88. The molecule has 0 saturated carbocycles. The Morgan fingerprint density at radius 3 is 2.82 bits per heavy atom. The monoisotopic (exact) mass is 321 g/mol. The topological polar surface area (TPSA) is 50.9 Å². The average molecular weight is 323 g/mol. The Morgan fingerprint density at radius 2 is 2.24 bits per heavy atom. The van der Waals surface area contributed by atoms with E-state index in [-0.39, 0.29) is 16.0 Å². The molecule has 0 fully saturated rings. The molecule has 92 valence electrons. The van der Waals surface area contributed by atoms with Crippen molar-refractivity contribution in [3.8, 4) is 0 Å². The highest BCUT2D eigenvalue weighted by Crippen LogP contribution is 2.31. The summed E-state index contributed by atoms with van der Waals surface area (Å²) in [6, 6.07) is 1.50. The molecule has 1 aromatic heterocycles. The summed E-state index contributed by atoms with van der Waals surface area (Å²) >= 11 is 8.97. The Morgan fingerprint density at radius 1 is 1.59 bits per heavy atom. The molecule has 17 heavy (non-hydrogen) atoms. The van der Waals surface area contributed by atoms with Crippen LogP contribution in [0, 0.1) is 5.82 Å². The minimum absolute atomic E-state index is 0.0522. The van der Waals surface area contributed by atoms with Gasteiger partial charge in [-0.3, -0.25) is 0 Å². The number of fused-ring (bicyclic) bond motifs is 1. The molecule has 7 heteroatoms. The normalized spacial score (nSPS) is 12.4. The van der Waals surface area contributed by atoms with Crippen LogP contribution in [-0.2, 0) is 6.54 Å². The molecule has 1 heterocycles. The molecular weight excluding hydrogens is 312 g/mol. The number of hydrogen-bond acceptors (Lipinski definition) is 3. The van der Waals surface area contributed by atoms with Crippen molar-refractivity contribution in [2.45, 2.75) is 26.0 Å². The predicted octanol–water partition coefficient (Wildman–Crippen LogP) is 2.76. The quantitative estimate of drug-likeness (QED) is 0.865. The van der Waals surface area contributed by atoms with Crippen LogP contribution in [0.4, 0.5) is 4.39 Å². The second kappa shape index (κ2) is 4.19. The van der Waals surface area contributed by atoms with Crippen LogP contribution >= 0.6 is 27.5 Å². The van der Waals surface area contributed by atoms with Gasteiger partial charge in [-0.05, 0) is 35.8 Å². The summed E-state index contributed by atoms with van der Waals surface area (Å²) in [4.78, 5) is 0. The first-order valence-corrected chi connectivity index (χ1v) is 6.06. The first kappa shape index (κ1) is 12.7. The van der Waals surface area contributed by atoms with Crippen molar-refractivity contribution in [3.63, 3.8) is 0 Å². The highest BCUT2D eigenvalue weighted by molar-refractivity contribution is 9.10. The van der Waals surface area contributed by atoms with E-state index in [9.17, 15) is 9.50 Å². The lowest BCUT2D eigenvalue weighted by Gasteiger charge is -2.17. The van der Waals surface area contributed by atoms with E-state index in [1.54, 1.807) is 13.8 Å². The number of halogens is 3. The van der Waals surface area contributed by atoms with Crippen LogP contribution < -0.4 is 0 Å². The van der Waals surface area contributed by atoms with Crippen molar-refractivity contribution in [2.24, 2.45) is 0 Å².